The summed E-state index contributed by atoms with van der Waals surface area (Å²) in [5, 5.41) is 20.9. The SMILES string of the molecule is C[C@H](O[Si](C)(C)C(C)(C)C)[C@@H](C#N)N(O)Cc1ccccc1. The van der Waals surface area contributed by atoms with Gasteiger partial charge < -0.3 is 9.63 Å². The van der Waals surface area contributed by atoms with Crippen molar-refractivity contribution in [2.75, 3.05) is 0 Å². The highest BCUT2D eigenvalue weighted by atomic mass is 28.4. The lowest BCUT2D eigenvalue weighted by Crippen LogP contribution is -2.49. The first kappa shape index (κ1) is 18.9. The largest absolute Gasteiger partial charge is 0.411 e. The van der Waals surface area contributed by atoms with Crippen LogP contribution in [0.1, 0.15) is 33.3 Å². The van der Waals surface area contributed by atoms with E-state index in [4.69, 9.17) is 4.43 Å². The number of benzene rings is 1. The van der Waals surface area contributed by atoms with Gasteiger partial charge in [-0.25, -0.2) is 0 Å². The monoisotopic (exact) mass is 320 g/mol. The van der Waals surface area contributed by atoms with Crippen molar-refractivity contribution in [1.82, 2.24) is 5.06 Å². The fourth-order valence-corrected chi connectivity index (χ4v) is 3.40. The normalized spacial score (nSPS) is 15.4. The van der Waals surface area contributed by atoms with E-state index < -0.39 is 14.4 Å². The molecular weight excluding hydrogens is 292 g/mol. The molecule has 0 heterocycles. The Balaban J connectivity index is 2.76. The van der Waals surface area contributed by atoms with E-state index in [1.807, 2.05) is 37.3 Å². The smallest absolute Gasteiger partial charge is 0.192 e. The fourth-order valence-electron chi connectivity index (χ4n) is 1.99. The molecule has 0 unspecified atom stereocenters. The van der Waals surface area contributed by atoms with E-state index in [0.717, 1.165) is 10.6 Å². The van der Waals surface area contributed by atoms with Crippen molar-refractivity contribution in [2.45, 2.75) is 64.5 Å². The van der Waals surface area contributed by atoms with Crippen LogP contribution >= 0.6 is 0 Å². The third kappa shape index (κ3) is 4.92. The molecule has 1 aromatic rings. The van der Waals surface area contributed by atoms with Crippen molar-refractivity contribution in [3.63, 3.8) is 0 Å². The van der Waals surface area contributed by atoms with Crippen molar-refractivity contribution in [2.24, 2.45) is 0 Å². The van der Waals surface area contributed by atoms with Gasteiger partial charge in [-0.3, -0.25) is 0 Å². The molecule has 2 atom stereocenters. The van der Waals surface area contributed by atoms with Gasteiger partial charge in [0.15, 0.2) is 8.32 Å². The maximum Gasteiger partial charge on any atom is 0.192 e. The van der Waals surface area contributed by atoms with Crippen molar-refractivity contribution in [1.29, 1.82) is 5.26 Å². The number of rotatable bonds is 6. The summed E-state index contributed by atoms with van der Waals surface area (Å²) in [5.74, 6) is 0. The molecule has 0 saturated heterocycles. The lowest BCUT2D eigenvalue weighted by atomic mass is 10.1. The van der Waals surface area contributed by atoms with Gasteiger partial charge in [0, 0.05) is 0 Å². The molecule has 122 valence electrons. The summed E-state index contributed by atoms with van der Waals surface area (Å²) >= 11 is 0. The number of hydroxylamine groups is 2. The second kappa shape index (κ2) is 7.38. The van der Waals surface area contributed by atoms with Crippen LogP contribution in [0.5, 0.6) is 0 Å². The molecule has 5 heteroatoms. The molecule has 0 aliphatic carbocycles. The molecule has 1 aromatic carbocycles. The summed E-state index contributed by atoms with van der Waals surface area (Å²) < 4.78 is 6.23. The van der Waals surface area contributed by atoms with Crippen LogP contribution in [0.15, 0.2) is 30.3 Å². The third-order valence-electron chi connectivity index (χ3n) is 4.37. The molecule has 0 saturated carbocycles. The minimum absolute atomic E-state index is 0.0704. The van der Waals surface area contributed by atoms with E-state index in [0.29, 0.717) is 6.54 Å². The second-order valence-electron chi connectivity index (χ2n) is 7.24. The summed E-state index contributed by atoms with van der Waals surface area (Å²) in [5.41, 5.74) is 0.963. The van der Waals surface area contributed by atoms with E-state index in [1.165, 1.54) is 0 Å². The number of nitrogens with zero attached hydrogens (tertiary/aromatic N) is 2. The van der Waals surface area contributed by atoms with Crippen molar-refractivity contribution in [3.05, 3.63) is 35.9 Å². The molecule has 0 aliphatic heterocycles. The van der Waals surface area contributed by atoms with Gasteiger partial charge in [0.1, 0.15) is 6.04 Å². The van der Waals surface area contributed by atoms with E-state index in [-0.39, 0.29) is 11.1 Å². The first-order valence-electron chi connectivity index (χ1n) is 7.65. The molecule has 0 spiro atoms. The average Bonchev–Trinajstić information content (AvgIpc) is 2.38. The van der Waals surface area contributed by atoms with Crippen molar-refractivity contribution < 1.29 is 9.63 Å². The summed E-state index contributed by atoms with van der Waals surface area (Å²) in [7, 11) is -1.97. The van der Waals surface area contributed by atoms with Crippen LogP contribution in [0.3, 0.4) is 0 Å². The Morgan fingerprint density at radius 2 is 1.82 bits per heavy atom. The zero-order chi connectivity index (χ0) is 17.0. The van der Waals surface area contributed by atoms with Gasteiger partial charge in [-0.2, -0.15) is 10.3 Å². The van der Waals surface area contributed by atoms with Gasteiger partial charge >= 0.3 is 0 Å². The quantitative estimate of drug-likeness (QED) is 0.631. The topological polar surface area (TPSA) is 56.5 Å². The molecule has 0 amide bonds. The minimum Gasteiger partial charge on any atom is -0.411 e. The zero-order valence-corrected chi connectivity index (χ0v) is 15.5. The van der Waals surface area contributed by atoms with Crippen LogP contribution in [-0.2, 0) is 11.0 Å². The third-order valence-corrected chi connectivity index (χ3v) is 8.95. The van der Waals surface area contributed by atoms with Crippen LogP contribution in [0.25, 0.3) is 0 Å². The van der Waals surface area contributed by atoms with E-state index in [1.54, 1.807) is 0 Å². The summed E-state index contributed by atoms with van der Waals surface area (Å²) in [6.45, 7) is 13.0. The lowest BCUT2D eigenvalue weighted by molar-refractivity contribution is -0.140. The second-order valence-corrected chi connectivity index (χ2v) is 12.0. The first-order chi connectivity index (χ1) is 10.1. The van der Waals surface area contributed by atoms with Gasteiger partial charge in [-0.1, -0.05) is 51.1 Å². The molecule has 4 nitrogen and oxygen atoms in total. The Kier molecular flexibility index (Phi) is 6.33. The highest BCUT2D eigenvalue weighted by Gasteiger charge is 2.40. The minimum atomic E-state index is -1.97. The predicted octanol–water partition coefficient (Wildman–Crippen LogP) is 4.18. The summed E-state index contributed by atoms with van der Waals surface area (Å²) in [4.78, 5) is 0. The molecule has 0 aliphatic rings. The van der Waals surface area contributed by atoms with Crippen LogP contribution in [0.2, 0.25) is 18.1 Å². The van der Waals surface area contributed by atoms with Gasteiger partial charge in [-0.15, -0.1) is 0 Å². The molecule has 0 fully saturated rings. The molecule has 1 N–H and O–H groups in total. The van der Waals surface area contributed by atoms with Crippen LogP contribution < -0.4 is 0 Å². The van der Waals surface area contributed by atoms with E-state index >= 15 is 0 Å². The van der Waals surface area contributed by atoms with E-state index in [9.17, 15) is 10.5 Å². The number of nitriles is 1. The Morgan fingerprint density at radius 1 is 1.27 bits per heavy atom. The predicted molar refractivity (Wildman–Crippen MR) is 90.9 cm³/mol. The zero-order valence-electron chi connectivity index (χ0n) is 14.5. The highest BCUT2D eigenvalue weighted by Crippen LogP contribution is 2.37. The molecule has 0 bridgehead atoms. The number of hydrogen-bond acceptors (Lipinski definition) is 4. The van der Waals surface area contributed by atoms with Crippen molar-refractivity contribution >= 4 is 8.32 Å². The molecule has 0 radical (unpaired) electrons. The maximum absolute atomic E-state index is 10.3. The molecule has 0 aromatic heterocycles. The van der Waals surface area contributed by atoms with Crippen molar-refractivity contribution in [3.8, 4) is 6.07 Å². The standard InChI is InChI=1S/C17H28N2O2Si/c1-14(21-22(5,6)17(2,3)4)16(12-18)19(20)13-15-10-8-7-9-11-15/h7-11,14,16,20H,13H2,1-6H3/t14-,16+/m0/s1. The molecular formula is C17H28N2O2Si. The first-order valence-corrected chi connectivity index (χ1v) is 10.6. The van der Waals surface area contributed by atoms with Gasteiger partial charge in [0.25, 0.3) is 0 Å². The van der Waals surface area contributed by atoms with Crippen LogP contribution in [0, 0.1) is 11.3 Å². The Hall–Kier alpha value is -1.19. The Bertz CT molecular complexity index is 506. The van der Waals surface area contributed by atoms with Gasteiger partial charge in [0.2, 0.25) is 0 Å². The summed E-state index contributed by atoms with van der Waals surface area (Å²) in [6, 6.07) is 11.1. The summed E-state index contributed by atoms with van der Waals surface area (Å²) in [6.07, 6.45) is -0.348. The highest BCUT2D eigenvalue weighted by molar-refractivity contribution is 6.74. The van der Waals surface area contributed by atoms with Crippen LogP contribution in [-0.4, -0.2) is 30.7 Å². The van der Waals surface area contributed by atoms with Gasteiger partial charge in [0.05, 0.1) is 18.7 Å². The average molecular weight is 321 g/mol. The number of hydrogen-bond donors (Lipinski definition) is 1. The Labute approximate surface area is 135 Å². The lowest BCUT2D eigenvalue weighted by Gasteiger charge is -2.40. The van der Waals surface area contributed by atoms with E-state index in [2.05, 4.69) is 39.9 Å². The molecule has 22 heavy (non-hydrogen) atoms. The maximum atomic E-state index is 10.3. The fraction of sp³-hybridized carbons (Fsp3) is 0.588. The Morgan fingerprint density at radius 3 is 2.27 bits per heavy atom. The molecule has 1 rings (SSSR count). The van der Waals surface area contributed by atoms with Gasteiger partial charge in [-0.05, 0) is 30.6 Å². The van der Waals surface area contributed by atoms with Crippen LogP contribution in [0.4, 0.5) is 0 Å².